The van der Waals surface area contributed by atoms with Crippen LogP contribution < -0.4 is 4.90 Å². The van der Waals surface area contributed by atoms with E-state index in [-0.39, 0.29) is 0 Å². The van der Waals surface area contributed by atoms with E-state index in [1.54, 1.807) is 0 Å². The molecule has 8 aromatic carbocycles. The van der Waals surface area contributed by atoms with Crippen molar-refractivity contribution in [3.63, 3.8) is 0 Å². The molecule has 240 valence electrons. The van der Waals surface area contributed by atoms with Crippen LogP contribution in [0.2, 0.25) is 0 Å². The summed E-state index contributed by atoms with van der Waals surface area (Å²) in [6.45, 7) is 0. The maximum absolute atomic E-state index is 2.41. The molecular weight excluding hydrogens is 637 g/mol. The molecule has 0 aliphatic heterocycles. The smallest absolute Gasteiger partial charge is 0.0561 e. The van der Waals surface area contributed by atoms with Gasteiger partial charge in [0.15, 0.2) is 0 Å². The number of fused-ring (bicyclic) bond motifs is 6. The van der Waals surface area contributed by atoms with Crippen molar-refractivity contribution in [3.05, 3.63) is 194 Å². The Bertz CT molecular complexity index is 2850. The zero-order valence-corrected chi connectivity index (χ0v) is 28.6. The normalized spacial score (nSPS) is 11.5. The Hall–Kier alpha value is -6.42. The summed E-state index contributed by atoms with van der Waals surface area (Å²) in [4.78, 5) is 2.41. The largest absolute Gasteiger partial charge is 0.310 e. The van der Waals surface area contributed by atoms with Crippen molar-refractivity contribution < 1.29 is 0 Å². The summed E-state index contributed by atoms with van der Waals surface area (Å²) < 4.78 is 5.04. The second-order valence-electron chi connectivity index (χ2n) is 13.0. The van der Waals surface area contributed by atoms with Gasteiger partial charge in [0.1, 0.15) is 0 Å². The molecule has 10 aromatic rings. The predicted molar refractivity (Wildman–Crippen MR) is 219 cm³/mol. The molecule has 0 saturated carbocycles. The van der Waals surface area contributed by atoms with Crippen LogP contribution in [-0.4, -0.2) is 4.57 Å². The summed E-state index contributed by atoms with van der Waals surface area (Å²) in [6, 6.07) is 70.4. The van der Waals surface area contributed by atoms with Crippen molar-refractivity contribution in [1.29, 1.82) is 0 Å². The lowest BCUT2D eigenvalue weighted by Gasteiger charge is -2.28. The van der Waals surface area contributed by atoms with Gasteiger partial charge in [-0.15, -0.1) is 11.3 Å². The molecule has 0 fully saturated rings. The van der Waals surface area contributed by atoms with Crippen LogP contribution in [-0.2, 0) is 0 Å². The molecule has 0 spiro atoms. The van der Waals surface area contributed by atoms with Crippen LogP contribution in [0.15, 0.2) is 194 Å². The minimum Gasteiger partial charge on any atom is -0.310 e. The van der Waals surface area contributed by atoms with E-state index in [4.69, 9.17) is 0 Å². The number of nitrogens with zero attached hydrogens (tertiary/aromatic N) is 2. The second-order valence-corrected chi connectivity index (χ2v) is 14.0. The number of hydrogen-bond donors (Lipinski definition) is 0. The fraction of sp³-hybridized carbons (Fsp3) is 0. The van der Waals surface area contributed by atoms with Crippen LogP contribution in [0.4, 0.5) is 17.1 Å². The zero-order chi connectivity index (χ0) is 33.7. The fourth-order valence-electron chi connectivity index (χ4n) is 7.62. The molecule has 0 amide bonds. The van der Waals surface area contributed by atoms with Crippen LogP contribution in [0.1, 0.15) is 0 Å². The average molecular weight is 669 g/mol. The van der Waals surface area contributed by atoms with E-state index in [2.05, 4.69) is 204 Å². The lowest BCUT2D eigenvalue weighted by molar-refractivity contribution is 1.18. The van der Waals surface area contributed by atoms with Crippen LogP contribution in [0.5, 0.6) is 0 Å². The Morgan fingerprint density at radius 3 is 1.84 bits per heavy atom. The van der Waals surface area contributed by atoms with Crippen molar-refractivity contribution in [2.45, 2.75) is 0 Å². The number of thiophene rings is 1. The van der Waals surface area contributed by atoms with Crippen molar-refractivity contribution in [2.24, 2.45) is 0 Å². The van der Waals surface area contributed by atoms with E-state index in [1.165, 1.54) is 64.2 Å². The summed E-state index contributed by atoms with van der Waals surface area (Å²) in [7, 11) is 0. The highest BCUT2D eigenvalue weighted by Gasteiger charge is 2.20. The van der Waals surface area contributed by atoms with E-state index in [0.717, 1.165) is 22.7 Å². The third kappa shape index (κ3) is 5.01. The first kappa shape index (κ1) is 29.5. The standard InChI is InChI=1S/C48H32N2S/c1-3-13-34(14-4-1)39-17-7-10-20-44(39)49(37-26-23-33(24-27-37)35-25-30-48-43(31-35)42-19-9-12-22-47(42)51-48)38-28-29-41-40-18-8-11-21-45(40)50(46(41)32-38)36-15-5-2-6-16-36/h1-32H. The van der Waals surface area contributed by atoms with Crippen molar-refractivity contribution in [2.75, 3.05) is 4.90 Å². The van der Waals surface area contributed by atoms with Gasteiger partial charge in [0.05, 0.1) is 16.7 Å². The summed E-state index contributed by atoms with van der Waals surface area (Å²) >= 11 is 1.86. The molecule has 10 rings (SSSR count). The SMILES string of the molecule is c1ccc(-c2ccccc2N(c2ccc(-c3ccc4sc5ccccc5c4c3)cc2)c2ccc3c4ccccc4n(-c4ccccc4)c3c2)cc1. The van der Waals surface area contributed by atoms with Crippen LogP contribution in [0, 0.1) is 0 Å². The third-order valence-electron chi connectivity index (χ3n) is 10.00. The van der Waals surface area contributed by atoms with Crippen molar-refractivity contribution >= 4 is 70.4 Å². The van der Waals surface area contributed by atoms with E-state index in [9.17, 15) is 0 Å². The van der Waals surface area contributed by atoms with Crippen LogP contribution in [0.3, 0.4) is 0 Å². The highest BCUT2D eigenvalue weighted by atomic mass is 32.1. The first-order valence-electron chi connectivity index (χ1n) is 17.4. The molecule has 0 aliphatic carbocycles. The molecule has 0 bridgehead atoms. The molecule has 2 nitrogen and oxygen atoms in total. The molecular formula is C48H32N2S. The van der Waals surface area contributed by atoms with Gasteiger partial charge < -0.3 is 9.47 Å². The fourth-order valence-corrected chi connectivity index (χ4v) is 8.71. The Balaban J connectivity index is 1.16. The van der Waals surface area contributed by atoms with Crippen molar-refractivity contribution in [3.8, 4) is 27.9 Å². The molecule has 0 unspecified atom stereocenters. The van der Waals surface area contributed by atoms with Gasteiger partial charge in [-0.05, 0) is 83.4 Å². The monoisotopic (exact) mass is 668 g/mol. The lowest BCUT2D eigenvalue weighted by Crippen LogP contribution is -2.11. The third-order valence-corrected chi connectivity index (χ3v) is 11.1. The molecule has 51 heavy (non-hydrogen) atoms. The number of rotatable bonds is 6. The van der Waals surface area contributed by atoms with Crippen LogP contribution >= 0.6 is 11.3 Å². The maximum atomic E-state index is 2.41. The van der Waals surface area contributed by atoms with E-state index in [0.29, 0.717) is 0 Å². The van der Waals surface area contributed by atoms with Crippen LogP contribution in [0.25, 0.3) is 69.9 Å². The number of aromatic nitrogens is 1. The van der Waals surface area contributed by atoms with Crippen molar-refractivity contribution in [1.82, 2.24) is 4.57 Å². The van der Waals surface area contributed by atoms with Gasteiger partial charge in [0.25, 0.3) is 0 Å². The van der Waals surface area contributed by atoms with E-state index < -0.39 is 0 Å². The predicted octanol–water partition coefficient (Wildman–Crippen LogP) is 14.0. The highest BCUT2D eigenvalue weighted by molar-refractivity contribution is 7.25. The lowest BCUT2D eigenvalue weighted by atomic mass is 10.00. The zero-order valence-electron chi connectivity index (χ0n) is 27.8. The molecule has 2 heterocycles. The molecule has 2 aromatic heterocycles. The number of benzene rings is 8. The molecule has 0 atom stereocenters. The highest BCUT2D eigenvalue weighted by Crippen LogP contribution is 2.44. The molecule has 0 aliphatic rings. The Kier molecular flexibility index (Phi) is 7.04. The molecule has 0 saturated heterocycles. The van der Waals surface area contributed by atoms with Gasteiger partial charge in [-0.2, -0.15) is 0 Å². The van der Waals surface area contributed by atoms with E-state index in [1.807, 2.05) is 11.3 Å². The topological polar surface area (TPSA) is 8.17 Å². The van der Waals surface area contributed by atoms with Gasteiger partial charge >= 0.3 is 0 Å². The summed E-state index contributed by atoms with van der Waals surface area (Å²) in [6.07, 6.45) is 0. The molecule has 0 radical (unpaired) electrons. The summed E-state index contributed by atoms with van der Waals surface area (Å²) in [5, 5.41) is 5.13. The van der Waals surface area contributed by atoms with Gasteiger partial charge in [0, 0.05) is 53.6 Å². The Labute approximate surface area is 300 Å². The number of hydrogen-bond acceptors (Lipinski definition) is 2. The summed E-state index contributed by atoms with van der Waals surface area (Å²) in [5.41, 5.74) is 11.7. The van der Waals surface area contributed by atoms with E-state index >= 15 is 0 Å². The minimum atomic E-state index is 1.10. The minimum absolute atomic E-state index is 1.10. The number of para-hydroxylation sites is 3. The first-order valence-corrected chi connectivity index (χ1v) is 18.2. The number of anilines is 3. The molecule has 3 heteroatoms. The Morgan fingerprint density at radius 2 is 1.00 bits per heavy atom. The van der Waals surface area contributed by atoms with Gasteiger partial charge in [-0.25, -0.2) is 0 Å². The van der Waals surface area contributed by atoms with Gasteiger partial charge in [-0.1, -0.05) is 127 Å². The second kappa shape index (κ2) is 12.2. The summed E-state index contributed by atoms with van der Waals surface area (Å²) in [5.74, 6) is 0. The first-order chi connectivity index (χ1) is 25.3. The molecule has 0 N–H and O–H groups in total. The quantitative estimate of drug-likeness (QED) is 0.171. The Morgan fingerprint density at radius 1 is 0.373 bits per heavy atom. The maximum Gasteiger partial charge on any atom is 0.0561 e. The van der Waals surface area contributed by atoms with Gasteiger partial charge in [-0.3, -0.25) is 0 Å². The van der Waals surface area contributed by atoms with Gasteiger partial charge in [0.2, 0.25) is 0 Å². The average Bonchev–Trinajstić information content (AvgIpc) is 3.74.